The highest BCUT2D eigenvalue weighted by Crippen LogP contribution is 2.38. The van der Waals surface area contributed by atoms with Crippen molar-refractivity contribution in [3.8, 4) is 0 Å². The average Bonchev–Trinajstić information content (AvgIpc) is 2.98. The number of fused-ring (bicyclic) bond motifs is 2. The lowest BCUT2D eigenvalue weighted by molar-refractivity contribution is -0.130. The lowest BCUT2D eigenvalue weighted by Crippen LogP contribution is -2.36. The van der Waals surface area contributed by atoms with Gasteiger partial charge in [-0.15, -0.1) is 0 Å². The van der Waals surface area contributed by atoms with E-state index in [-0.39, 0.29) is 5.91 Å². The summed E-state index contributed by atoms with van der Waals surface area (Å²) in [5, 5.41) is 0. The molecule has 0 N–H and O–H groups in total. The van der Waals surface area contributed by atoms with E-state index in [0.29, 0.717) is 6.42 Å². The van der Waals surface area contributed by atoms with Gasteiger partial charge in [0, 0.05) is 39.6 Å². The number of hydrogen-bond donors (Lipinski definition) is 0. The monoisotopic (exact) mass is 414 g/mol. The van der Waals surface area contributed by atoms with Crippen LogP contribution in [0.4, 0.5) is 0 Å². The summed E-state index contributed by atoms with van der Waals surface area (Å²) in [4.78, 5) is 16.8. The van der Waals surface area contributed by atoms with Gasteiger partial charge < -0.3 is 9.80 Å². The molecule has 2 aromatic carbocycles. The Bertz CT molecular complexity index is 927. The minimum absolute atomic E-state index is 0.273. The number of nitrogens with zero attached hydrogens (tertiary/aromatic N) is 2. The Kier molecular flexibility index (Phi) is 7.03. The van der Waals surface area contributed by atoms with Crippen molar-refractivity contribution < 1.29 is 4.79 Å². The lowest BCUT2D eigenvalue weighted by atomic mass is 9.86. The van der Waals surface area contributed by atoms with Crippen LogP contribution in [0, 0.1) is 0 Å². The number of amides is 1. The maximum atomic E-state index is 12.4. The second-order valence-corrected chi connectivity index (χ2v) is 8.75. The molecule has 1 aliphatic carbocycles. The number of hydrogen-bond acceptors (Lipinski definition) is 2. The second kappa shape index (κ2) is 10.1. The standard InChI is InChI=1S/C28H34N2O/c1-3-4-18-29(2)27(31)17-21-30-19-15-24(16-20-30)28-25-11-7-5-9-22(25)13-14-23-10-6-8-12-26(23)28/h5-14H,3-4,15-21H2,1-2H3. The van der Waals surface area contributed by atoms with Crippen LogP contribution in [0.3, 0.4) is 0 Å². The molecule has 0 radical (unpaired) electrons. The van der Waals surface area contributed by atoms with E-state index in [1.807, 2.05) is 11.9 Å². The zero-order valence-electron chi connectivity index (χ0n) is 18.9. The van der Waals surface area contributed by atoms with Crippen LogP contribution in [0.2, 0.25) is 0 Å². The van der Waals surface area contributed by atoms with E-state index in [9.17, 15) is 4.79 Å². The first-order valence-corrected chi connectivity index (χ1v) is 11.7. The molecule has 0 spiro atoms. The Balaban J connectivity index is 1.48. The van der Waals surface area contributed by atoms with Gasteiger partial charge in [0.2, 0.25) is 5.91 Å². The maximum Gasteiger partial charge on any atom is 0.223 e. The third kappa shape index (κ3) is 4.99. The Labute approximate surface area is 187 Å². The van der Waals surface area contributed by atoms with Gasteiger partial charge >= 0.3 is 0 Å². The zero-order valence-corrected chi connectivity index (χ0v) is 18.9. The molecule has 3 nitrogen and oxygen atoms in total. The van der Waals surface area contributed by atoms with Crippen molar-refractivity contribution in [1.82, 2.24) is 9.80 Å². The smallest absolute Gasteiger partial charge is 0.223 e. The summed E-state index contributed by atoms with van der Waals surface area (Å²) in [7, 11) is 1.94. The number of carbonyl (C=O) groups excluding carboxylic acids is 1. The Hall–Kier alpha value is -2.65. The predicted molar refractivity (Wildman–Crippen MR) is 131 cm³/mol. The summed E-state index contributed by atoms with van der Waals surface area (Å²) < 4.78 is 0. The van der Waals surface area contributed by atoms with Crippen molar-refractivity contribution in [3.05, 3.63) is 76.4 Å². The van der Waals surface area contributed by atoms with Crippen molar-refractivity contribution in [2.75, 3.05) is 33.2 Å². The van der Waals surface area contributed by atoms with Crippen molar-refractivity contribution in [1.29, 1.82) is 0 Å². The molecule has 162 valence electrons. The van der Waals surface area contributed by atoms with Crippen LogP contribution >= 0.6 is 0 Å². The fourth-order valence-electron chi connectivity index (χ4n) is 4.71. The van der Waals surface area contributed by atoms with E-state index in [1.54, 1.807) is 5.57 Å². The van der Waals surface area contributed by atoms with Gasteiger partial charge in [-0.25, -0.2) is 0 Å². The molecular formula is C28H34N2O. The number of likely N-dealkylation sites (tertiary alicyclic amines) is 1. The molecule has 4 rings (SSSR count). The maximum absolute atomic E-state index is 12.4. The summed E-state index contributed by atoms with van der Waals surface area (Å²) in [6.45, 7) is 5.97. The molecule has 1 heterocycles. The lowest BCUT2D eigenvalue weighted by Gasteiger charge is -2.31. The van der Waals surface area contributed by atoms with E-state index < -0.39 is 0 Å². The predicted octanol–water partition coefficient (Wildman–Crippen LogP) is 5.72. The van der Waals surface area contributed by atoms with Crippen molar-refractivity contribution in [3.63, 3.8) is 0 Å². The molecular weight excluding hydrogens is 380 g/mol. The van der Waals surface area contributed by atoms with Crippen molar-refractivity contribution in [2.24, 2.45) is 0 Å². The molecule has 0 bridgehead atoms. The molecule has 2 aliphatic rings. The van der Waals surface area contributed by atoms with Crippen LogP contribution in [0.15, 0.2) is 54.1 Å². The van der Waals surface area contributed by atoms with Crippen LogP contribution in [0.25, 0.3) is 17.7 Å². The van der Waals surface area contributed by atoms with Gasteiger partial charge in [0.1, 0.15) is 0 Å². The van der Waals surface area contributed by atoms with Gasteiger partial charge in [-0.2, -0.15) is 0 Å². The van der Waals surface area contributed by atoms with Crippen LogP contribution in [0.1, 0.15) is 61.3 Å². The normalized spacial score (nSPS) is 15.9. The van der Waals surface area contributed by atoms with Gasteiger partial charge in [0.25, 0.3) is 0 Å². The first-order chi connectivity index (χ1) is 15.2. The number of rotatable bonds is 6. The quantitative estimate of drug-likeness (QED) is 0.515. The van der Waals surface area contributed by atoms with Gasteiger partial charge in [0.15, 0.2) is 0 Å². The molecule has 2 aromatic rings. The van der Waals surface area contributed by atoms with Gasteiger partial charge in [-0.1, -0.05) is 79.6 Å². The molecule has 0 atom stereocenters. The van der Waals surface area contributed by atoms with E-state index in [2.05, 4.69) is 72.5 Å². The minimum Gasteiger partial charge on any atom is -0.346 e. The summed E-state index contributed by atoms with van der Waals surface area (Å²) in [5.74, 6) is 0.273. The fraction of sp³-hybridized carbons (Fsp3) is 0.393. The third-order valence-electron chi connectivity index (χ3n) is 6.63. The first-order valence-electron chi connectivity index (χ1n) is 11.7. The van der Waals surface area contributed by atoms with Crippen molar-refractivity contribution in [2.45, 2.75) is 39.0 Å². The number of carbonyl (C=O) groups is 1. The average molecular weight is 415 g/mol. The highest BCUT2D eigenvalue weighted by atomic mass is 16.2. The summed E-state index contributed by atoms with van der Waals surface area (Å²) in [6, 6.07) is 17.5. The Morgan fingerprint density at radius 2 is 1.52 bits per heavy atom. The van der Waals surface area contributed by atoms with Crippen LogP contribution < -0.4 is 0 Å². The molecule has 0 aromatic heterocycles. The van der Waals surface area contributed by atoms with E-state index in [4.69, 9.17) is 0 Å². The number of benzene rings is 2. The molecule has 31 heavy (non-hydrogen) atoms. The topological polar surface area (TPSA) is 23.6 Å². The van der Waals surface area contributed by atoms with Gasteiger partial charge in [-0.05, 0) is 47.1 Å². The van der Waals surface area contributed by atoms with Crippen LogP contribution in [-0.2, 0) is 4.79 Å². The van der Waals surface area contributed by atoms with Crippen molar-refractivity contribution >= 4 is 23.6 Å². The molecule has 1 saturated heterocycles. The number of unbranched alkanes of at least 4 members (excludes halogenated alkanes) is 1. The molecule has 0 unspecified atom stereocenters. The largest absolute Gasteiger partial charge is 0.346 e. The third-order valence-corrected chi connectivity index (χ3v) is 6.63. The molecule has 1 fully saturated rings. The van der Waals surface area contributed by atoms with Crippen LogP contribution in [0.5, 0.6) is 0 Å². The van der Waals surface area contributed by atoms with E-state index >= 15 is 0 Å². The summed E-state index contributed by atoms with van der Waals surface area (Å²) >= 11 is 0. The SMILES string of the molecule is CCCCN(C)C(=O)CCN1CCC(=C2c3ccccc3C=Cc3ccccc32)CC1. The highest BCUT2D eigenvalue weighted by molar-refractivity contribution is 5.94. The van der Waals surface area contributed by atoms with Gasteiger partial charge in [0.05, 0.1) is 0 Å². The Morgan fingerprint density at radius 1 is 0.935 bits per heavy atom. The van der Waals surface area contributed by atoms with E-state index in [1.165, 1.54) is 27.8 Å². The number of piperidine rings is 1. The molecule has 1 aliphatic heterocycles. The van der Waals surface area contributed by atoms with Gasteiger partial charge in [-0.3, -0.25) is 4.79 Å². The summed E-state index contributed by atoms with van der Waals surface area (Å²) in [6.07, 6.45) is 9.47. The molecule has 3 heteroatoms. The Morgan fingerprint density at radius 3 is 2.10 bits per heavy atom. The van der Waals surface area contributed by atoms with Crippen LogP contribution in [-0.4, -0.2) is 48.9 Å². The summed E-state index contributed by atoms with van der Waals surface area (Å²) in [5.41, 5.74) is 8.26. The first kappa shape index (κ1) is 21.6. The molecule has 1 amide bonds. The highest BCUT2D eigenvalue weighted by Gasteiger charge is 2.23. The molecule has 0 saturated carbocycles. The van der Waals surface area contributed by atoms with E-state index in [0.717, 1.165) is 51.9 Å². The minimum atomic E-state index is 0.273. The zero-order chi connectivity index (χ0) is 21.6. The fourth-order valence-corrected chi connectivity index (χ4v) is 4.71. The second-order valence-electron chi connectivity index (χ2n) is 8.75.